The van der Waals surface area contributed by atoms with Gasteiger partial charge in [0.15, 0.2) is 0 Å². The summed E-state index contributed by atoms with van der Waals surface area (Å²) in [6, 6.07) is 19.6. The molecular formula is C23H26N4O2. The molecule has 0 spiro atoms. The fraction of sp³-hybridized carbons (Fsp3) is 0.261. The van der Waals surface area contributed by atoms with Crippen molar-refractivity contribution in [1.82, 2.24) is 15.1 Å². The third kappa shape index (κ3) is 5.54. The van der Waals surface area contributed by atoms with Crippen molar-refractivity contribution in [2.75, 3.05) is 5.32 Å². The second-order valence-corrected chi connectivity index (χ2v) is 7.30. The molecule has 0 aliphatic rings. The van der Waals surface area contributed by atoms with E-state index >= 15 is 0 Å². The van der Waals surface area contributed by atoms with Crippen molar-refractivity contribution in [2.45, 2.75) is 39.7 Å². The second-order valence-electron chi connectivity index (χ2n) is 7.30. The SMILES string of the molecule is Cc1cccc(-n2nc(-c3ccccc3)cc2NC(=O)CCC(=O)NC(C)C)c1. The van der Waals surface area contributed by atoms with Crippen molar-refractivity contribution in [2.24, 2.45) is 0 Å². The van der Waals surface area contributed by atoms with Gasteiger partial charge in [-0.3, -0.25) is 9.59 Å². The van der Waals surface area contributed by atoms with Gasteiger partial charge in [-0.25, -0.2) is 4.68 Å². The first kappa shape index (κ1) is 20.3. The van der Waals surface area contributed by atoms with Crippen molar-refractivity contribution < 1.29 is 9.59 Å². The number of hydrogen-bond acceptors (Lipinski definition) is 3. The minimum absolute atomic E-state index is 0.0572. The van der Waals surface area contributed by atoms with E-state index in [1.165, 1.54) is 0 Å². The third-order valence-electron chi connectivity index (χ3n) is 4.32. The molecule has 6 nitrogen and oxygen atoms in total. The van der Waals surface area contributed by atoms with E-state index in [4.69, 9.17) is 5.10 Å². The zero-order valence-electron chi connectivity index (χ0n) is 17.0. The number of nitrogens with zero attached hydrogens (tertiary/aromatic N) is 2. The van der Waals surface area contributed by atoms with Gasteiger partial charge in [0.05, 0.1) is 11.4 Å². The Balaban J connectivity index is 1.83. The first-order valence-corrected chi connectivity index (χ1v) is 9.74. The molecule has 0 aliphatic carbocycles. The Labute approximate surface area is 170 Å². The normalized spacial score (nSPS) is 10.8. The van der Waals surface area contributed by atoms with Crippen LogP contribution < -0.4 is 10.6 Å². The van der Waals surface area contributed by atoms with Crippen molar-refractivity contribution in [1.29, 1.82) is 0 Å². The van der Waals surface area contributed by atoms with Gasteiger partial charge in [0.1, 0.15) is 5.82 Å². The number of amides is 2. The van der Waals surface area contributed by atoms with Crippen molar-refractivity contribution in [3.8, 4) is 16.9 Å². The van der Waals surface area contributed by atoms with Crippen molar-refractivity contribution >= 4 is 17.6 Å². The zero-order valence-corrected chi connectivity index (χ0v) is 17.0. The van der Waals surface area contributed by atoms with E-state index in [-0.39, 0.29) is 30.7 Å². The Hall–Kier alpha value is -3.41. The van der Waals surface area contributed by atoms with Gasteiger partial charge in [0.25, 0.3) is 0 Å². The van der Waals surface area contributed by atoms with E-state index in [0.29, 0.717) is 5.82 Å². The number of hydrogen-bond donors (Lipinski definition) is 2. The van der Waals surface area contributed by atoms with Crippen LogP contribution in [0.3, 0.4) is 0 Å². The van der Waals surface area contributed by atoms with E-state index in [1.807, 2.05) is 81.4 Å². The standard InChI is InChI=1S/C23H26N4O2/c1-16(2)24-22(28)12-13-23(29)25-21-15-20(18-9-5-4-6-10-18)26-27(21)19-11-7-8-17(3)14-19/h4-11,14-16H,12-13H2,1-3H3,(H,24,28)(H,25,29). The molecule has 3 aromatic rings. The maximum Gasteiger partial charge on any atom is 0.226 e. The van der Waals surface area contributed by atoms with Crippen LogP contribution in [0.15, 0.2) is 60.7 Å². The predicted octanol–water partition coefficient (Wildman–Crippen LogP) is 4.09. The molecule has 0 unspecified atom stereocenters. The summed E-state index contributed by atoms with van der Waals surface area (Å²) < 4.78 is 1.72. The van der Waals surface area contributed by atoms with Crippen LogP contribution in [-0.4, -0.2) is 27.6 Å². The lowest BCUT2D eigenvalue weighted by atomic mass is 10.1. The summed E-state index contributed by atoms with van der Waals surface area (Å²) in [7, 11) is 0. The lowest BCUT2D eigenvalue weighted by Gasteiger charge is -2.10. The van der Waals surface area contributed by atoms with E-state index in [1.54, 1.807) is 4.68 Å². The summed E-state index contributed by atoms with van der Waals surface area (Å²) in [6.07, 6.45) is 0.256. The van der Waals surface area contributed by atoms with E-state index in [9.17, 15) is 9.59 Å². The third-order valence-corrected chi connectivity index (χ3v) is 4.32. The van der Waals surface area contributed by atoms with Gasteiger partial charge in [-0.15, -0.1) is 0 Å². The van der Waals surface area contributed by atoms with Gasteiger partial charge < -0.3 is 10.6 Å². The summed E-state index contributed by atoms with van der Waals surface area (Å²) in [4.78, 5) is 24.3. The smallest absolute Gasteiger partial charge is 0.226 e. The highest BCUT2D eigenvalue weighted by Crippen LogP contribution is 2.25. The van der Waals surface area contributed by atoms with Crippen LogP contribution >= 0.6 is 0 Å². The fourth-order valence-electron chi connectivity index (χ4n) is 3.00. The number of benzene rings is 2. The van der Waals surface area contributed by atoms with E-state index in [2.05, 4.69) is 10.6 Å². The quantitative estimate of drug-likeness (QED) is 0.638. The molecule has 2 amide bonds. The summed E-state index contributed by atoms with van der Waals surface area (Å²) in [5, 5.41) is 10.4. The van der Waals surface area contributed by atoms with Crippen LogP contribution in [-0.2, 0) is 9.59 Å². The number of rotatable bonds is 7. The molecule has 1 heterocycles. The van der Waals surface area contributed by atoms with Crippen LogP contribution in [0.4, 0.5) is 5.82 Å². The highest BCUT2D eigenvalue weighted by molar-refractivity contribution is 5.93. The molecule has 1 aromatic heterocycles. The fourth-order valence-corrected chi connectivity index (χ4v) is 3.00. The molecule has 29 heavy (non-hydrogen) atoms. The molecule has 0 fully saturated rings. The molecule has 0 bridgehead atoms. The maximum absolute atomic E-state index is 12.5. The largest absolute Gasteiger partial charge is 0.354 e. The summed E-state index contributed by atoms with van der Waals surface area (Å²) >= 11 is 0. The van der Waals surface area contributed by atoms with Crippen molar-refractivity contribution in [3.05, 3.63) is 66.2 Å². The van der Waals surface area contributed by atoms with Gasteiger partial charge in [-0.05, 0) is 38.5 Å². The summed E-state index contributed by atoms with van der Waals surface area (Å²) in [6.45, 7) is 5.80. The van der Waals surface area contributed by atoms with Gasteiger partial charge in [-0.2, -0.15) is 5.10 Å². The molecular weight excluding hydrogens is 364 g/mol. The minimum Gasteiger partial charge on any atom is -0.354 e. The maximum atomic E-state index is 12.5. The monoisotopic (exact) mass is 390 g/mol. The average molecular weight is 390 g/mol. The van der Waals surface area contributed by atoms with Crippen LogP contribution in [0.25, 0.3) is 16.9 Å². The number of carbonyl (C=O) groups excluding carboxylic acids is 2. The van der Waals surface area contributed by atoms with Crippen molar-refractivity contribution in [3.63, 3.8) is 0 Å². The molecule has 6 heteroatoms. The highest BCUT2D eigenvalue weighted by Gasteiger charge is 2.15. The number of carbonyl (C=O) groups is 2. The average Bonchev–Trinajstić information content (AvgIpc) is 3.10. The first-order chi connectivity index (χ1) is 13.9. The second kappa shape index (κ2) is 9.19. The van der Waals surface area contributed by atoms with E-state index in [0.717, 1.165) is 22.5 Å². The Kier molecular flexibility index (Phi) is 6.44. The van der Waals surface area contributed by atoms with Crippen LogP contribution in [0.5, 0.6) is 0 Å². The summed E-state index contributed by atoms with van der Waals surface area (Å²) in [5.41, 5.74) is 3.69. The highest BCUT2D eigenvalue weighted by atomic mass is 16.2. The molecule has 2 aromatic carbocycles. The Morgan fingerprint density at radius 2 is 1.69 bits per heavy atom. The number of aromatic nitrogens is 2. The zero-order chi connectivity index (χ0) is 20.8. The Morgan fingerprint density at radius 3 is 2.38 bits per heavy atom. The Morgan fingerprint density at radius 1 is 0.966 bits per heavy atom. The predicted molar refractivity (Wildman–Crippen MR) is 115 cm³/mol. The first-order valence-electron chi connectivity index (χ1n) is 9.74. The molecule has 3 rings (SSSR count). The Bertz CT molecular complexity index is 993. The number of nitrogens with one attached hydrogen (secondary N) is 2. The lowest BCUT2D eigenvalue weighted by Crippen LogP contribution is -2.30. The van der Waals surface area contributed by atoms with Crippen LogP contribution in [0.1, 0.15) is 32.3 Å². The van der Waals surface area contributed by atoms with Crippen LogP contribution in [0.2, 0.25) is 0 Å². The lowest BCUT2D eigenvalue weighted by molar-refractivity contribution is -0.124. The molecule has 0 saturated heterocycles. The molecule has 0 saturated carbocycles. The molecule has 0 aliphatic heterocycles. The molecule has 0 radical (unpaired) electrons. The van der Waals surface area contributed by atoms with Gasteiger partial charge in [-0.1, -0.05) is 42.5 Å². The van der Waals surface area contributed by atoms with Crippen LogP contribution in [0, 0.1) is 6.92 Å². The van der Waals surface area contributed by atoms with Gasteiger partial charge in [0.2, 0.25) is 11.8 Å². The molecule has 0 atom stereocenters. The van der Waals surface area contributed by atoms with Gasteiger partial charge in [0, 0.05) is 30.5 Å². The van der Waals surface area contributed by atoms with Gasteiger partial charge >= 0.3 is 0 Å². The summed E-state index contributed by atoms with van der Waals surface area (Å²) in [5.74, 6) is 0.216. The molecule has 2 N–H and O–H groups in total. The van der Waals surface area contributed by atoms with E-state index < -0.39 is 0 Å². The molecule has 150 valence electrons. The number of anilines is 1. The topological polar surface area (TPSA) is 76.0 Å². The number of aryl methyl sites for hydroxylation is 1. The minimum atomic E-state index is -0.225.